The second-order valence-electron chi connectivity index (χ2n) is 12.4. The molecule has 0 radical (unpaired) electrons. The fraction of sp³-hybridized carbons (Fsp3) is 0.529. The normalized spacial score (nSPS) is 20.5. The van der Waals surface area contributed by atoms with Crippen LogP contribution in [-0.2, 0) is 47.9 Å². The molecule has 2 heterocycles. The lowest BCUT2D eigenvalue weighted by atomic mass is 9.89. The largest absolute Gasteiger partial charge is 0.379 e. The number of halogens is 2. The van der Waals surface area contributed by atoms with Crippen molar-refractivity contribution in [1.29, 1.82) is 0 Å². The van der Waals surface area contributed by atoms with Crippen molar-refractivity contribution in [2.75, 3.05) is 39.5 Å². The Bertz CT molecular complexity index is 1320. The molecule has 2 fully saturated rings. The molecule has 0 spiro atoms. The standard InChI is InChI=1S/C34H43F2N3O6/c1-23(37-30(41)21-39-13-15-44-16-14-39)29(40)19-27(17-25-9-11-26(12-10-25)20-34(3,35)36)32(43)38-28(31(42)33(2)22-45-33)18-24-7-5-4-6-8-24/h4-12,23,27-28H,13-22H2,1-3H3,(H,37,41)(H,38,43)/t23-,27+,28-,33+/m0/s1. The van der Waals surface area contributed by atoms with Gasteiger partial charge >= 0.3 is 0 Å². The summed E-state index contributed by atoms with van der Waals surface area (Å²) in [6, 6.07) is 14.1. The number of nitrogens with zero attached hydrogens (tertiary/aromatic N) is 1. The highest BCUT2D eigenvalue weighted by molar-refractivity contribution is 5.98. The number of epoxide rings is 1. The van der Waals surface area contributed by atoms with E-state index in [0.29, 0.717) is 37.4 Å². The quantitative estimate of drug-likeness (QED) is 0.275. The van der Waals surface area contributed by atoms with Crippen molar-refractivity contribution in [1.82, 2.24) is 15.5 Å². The van der Waals surface area contributed by atoms with Crippen molar-refractivity contribution in [3.8, 4) is 0 Å². The minimum atomic E-state index is -2.86. The Hall–Kier alpha value is -3.54. The summed E-state index contributed by atoms with van der Waals surface area (Å²) in [6.07, 6.45) is -0.227. The van der Waals surface area contributed by atoms with Crippen LogP contribution in [0.2, 0.25) is 0 Å². The van der Waals surface area contributed by atoms with E-state index >= 15 is 0 Å². The smallest absolute Gasteiger partial charge is 0.249 e. The van der Waals surface area contributed by atoms with Crippen molar-refractivity contribution in [3.05, 3.63) is 71.3 Å². The number of morpholine rings is 1. The maximum absolute atomic E-state index is 13.8. The number of ketones is 2. The van der Waals surface area contributed by atoms with Gasteiger partial charge in [0.25, 0.3) is 0 Å². The van der Waals surface area contributed by atoms with E-state index in [2.05, 4.69) is 10.6 Å². The SMILES string of the molecule is C[C@H](NC(=O)CN1CCOCC1)C(=O)C[C@@H](Cc1ccc(CC(C)(F)F)cc1)C(=O)N[C@@H](Cc1ccccc1)C(=O)[C@@]1(C)CO1. The Morgan fingerprint density at radius 1 is 0.933 bits per heavy atom. The Morgan fingerprint density at radius 2 is 1.53 bits per heavy atom. The lowest BCUT2D eigenvalue weighted by Crippen LogP contribution is -2.50. The third kappa shape index (κ3) is 10.8. The second-order valence-corrected chi connectivity index (χ2v) is 12.4. The number of amides is 2. The second kappa shape index (κ2) is 15.2. The number of Topliss-reactive ketones (excluding diaryl/α,β-unsaturated/α-hetero) is 2. The van der Waals surface area contributed by atoms with Gasteiger partial charge in [0.2, 0.25) is 17.7 Å². The molecular weight excluding hydrogens is 584 g/mol. The summed E-state index contributed by atoms with van der Waals surface area (Å²) in [5.41, 5.74) is 1.01. The Balaban J connectivity index is 1.48. The summed E-state index contributed by atoms with van der Waals surface area (Å²) < 4.78 is 37.8. The van der Waals surface area contributed by atoms with Gasteiger partial charge in [0, 0.05) is 31.8 Å². The first-order valence-electron chi connectivity index (χ1n) is 15.4. The van der Waals surface area contributed by atoms with Gasteiger partial charge in [-0.25, -0.2) is 8.78 Å². The van der Waals surface area contributed by atoms with Crippen molar-refractivity contribution in [2.24, 2.45) is 5.92 Å². The number of hydrogen-bond donors (Lipinski definition) is 2. The monoisotopic (exact) mass is 627 g/mol. The van der Waals surface area contributed by atoms with Gasteiger partial charge in [-0.1, -0.05) is 54.6 Å². The van der Waals surface area contributed by atoms with E-state index in [1.807, 2.05) is 35.2 Å². The van der Waals surface area contributed by atoms with Crippen LogP contribution in [0.1, 0.15) is 43.9 Å². The molecule has 11 heteroatoms. The van der Waals surface area contributed by atoms with E-state index in [4.69, 9.17) is 9.47 Å². The van der Waals surface area contributed by atoms with Crippen LogP contribution in [0.3, 0.4) is 0 Å². The summed E-state index contributed by atoms with van der Waals surface area (Å²) >= 11 is 0. The molecule has 2 aromatic rings. The molecule has 2 aliphatic heterocycles. The predicted molar refractivity (Wildman–Crippen MR) is 164 cm³/mol. The number of alkyl halides is 2. The van der Waals surface area contributed by atoms with E-state index in [9.17, 15) is 28.0 Å². The average Bonchev–Trinajstić information content (AvgIpc) is 3.75. The van der Waals surface area contributed by atoms with Crippen LogP contribution in [-0.4, -0.2) is 91.3 Å². The van der Waals surface area contributed by atoms with E-state index in [0.717, 1.165) is 12.5 Å². The van der Waals surface area contributed by atoms with Gasteiger partial charge in [0.1, 0.15) is 5.60 Å². The molecule has 4 atom stereocenters. The molecule has 2 amide bonds. The van der Waals surface area contributed by atoms with Gasteiger partial charge in [0.05, 0.1) is 38.4 Å². The molecule has 0 bridgehead atoms. The molecule has 244 valence electrons. The highest BCUT2D eigenvalue weighted by atomic mass is 19.3. The van der Waals surface area contributed by atoms with Crippen LogP contribution >= 0.6 is 0 Å². The van der Waals surface area contributed by atoms with Crippen LogP contribution < -0.4 is 10.6 Å². The fourth-order valence-electron chi connectivity index (χ4n) is 5.41. The minimum Gasteiger partial charge on any atom is -0.379 e. The average molecular weight is 628 g/mol. The maximum Gasteiger partial charge on any atom is 0.249 e. The highest BCUT2D eigenvalue weighted by Gasteiger charge is 2.50. The number of nitrogens with one attached hydrogen (secondary N) is 2. The summed E-state index contributed by atoms with van der Waals surface area (Å²) in [6.45, 7) is 6.86. The molecule has 0 aliphatic carbocycles. The minimum absolute atomic E-state index is 0.134. The number of ether oxygens (including phenoxy) is 2. The zero-order valence-corrected chi connectivity index (χ0v) is 26.2. The van der Waals surface area contributed by atoms with Gasteiger partial charge in [-0.3, -0.25) is 24.1 Å². The maximum atomic E-state index is 13.8. The molecule has 9 nitrogen and oxygen atoms in total. The molecule has 4 rings (SSSR count). The number of hydrogen-bond acceptors (Lipinski definition) is 7. The summed E-state index contributed by atoms with van der Waals surface area (Å²) in [7, 11) is 0. The number of carbonyl (C=O) groups is 4. The van der Waals surface area contributed by atoms with Crippen molar-refractivity contribution < 1.29 is 37.4 Å². The van der Waals surface area contributed by atoms with Crippen molar-refractivity contribution >= 4 is 23.4 Å². The Labute approximate surface area is 263 Å². The summed E-state index contributed by atoms with van der Waals surface area (Å²) in [5.74, 6) is -5.12. The van der Waals surface area contributed by atoms with Crippen LogP contribution in [0.4, 0.5) is 8.78 Å². The molecule has 2 aliphatic rings. The van der Waals surface area contributed by atoms with Crippen molar-refractivity contribution in [3.63, 3.8) is 0 Å². The van der Waals surface area contributed by atoms with Crippen molar-refractivity contribution in [2.45, 2.75) is 70.1 Å². The zero-order valence-electron chi connectivity index (χ0n) is 26.2. The number of rotatable bonds is 16. The molecule has 2 N–H and O–H groups in total. The van der Waals surface area contributed by atoms with Gasteiger partial charge < -0.3 is 20.1 Å². The van der Waals surface area contributed by atoms with E-state index in [-0.39, 0.29) is 49.9 Å². The number of benzene rings is 2. The van der Waals surface area contributed by atoms with E-state index in [1.54, 1.807) is 38.1 Å². The molecule has 0 saturated carbocycles. The van der Waals surface area contributed by atoms with Gasteiger partial charge in [-0.2, -0.15) is 0 Å². The molecule has 45 heavy (non-hydrogen) atoms. The van der Waals surface area contributed by atoms with Gasteiger partial charge in [-0.15, -0.1) is 0 Å². The van der Waals surface area contributed by atoms with Crippen LogP contribution in [0, 0.1) is 5.92 Å². The predicted octanol–water partition coefficient (Wildman–Crippen LogP) is 2.92. The summed E-state index contributed by atoms with van der Waals surface area (Å²) in [4.78, 5) is 55.2. The lowest BCUT2D eigenvalue weighted by molar-refractivity contribution is -0.134. The Morgan fingerprint density at radius 3 is 2.13 bits per heavy atom. The van der Waals surface area contributed by atoms with E-state index in [1.165, 1.54) is 0 Å². The molecule has 0 unspecified atom stereocenters. The molecule has 2 saturated heterocycles. The fourth-order valence-corrected chi connectivity index (χ4v) is 5.41. The first-order valence-corrected chi connectivity index (χ1v) is 15.4. The van der Waals surface area contributed by atoms with Crippen LogP contribution in [0.5, 0.6) is 0 Å². The molecular formula is C34H43F2N3O6. The van der Waals surface area contributed by atoms with Crippen LogP contribution in [0.25, 0.3) is 0 Å². The summed E-state index contributed by atoms with van der Waals surface area (Å²) in [5, 5.41) is 5.63. The number of carbonyl (C=O) groups excluding carboxylic acids is 4. The topological polar surface area (TPSA) is 117 Å². The molecule has 2 aromatic carbocycles. The Kier molecular flexibility index (Phi) is 11.6. The van der Waals surface area contributed by atoms with Gasteiger partial charge in [0.15, 0.2) is 11.6 Å². The van der Waals surface area contributed by atoms with Gasteiger partial charge in [-0.05, 0) is 50.3 Å². The first-order chi connectivity index (χ1) is 21.3. The third-order valence-electron chi connectivity index (χ3n) is 8.18. The van der Waals surface area contributed by atoms with E-state index < -0.39 is 41.9 Å². The zero-order chi connectivity index (χ0) is 32.6. The molecule has 0 aromatic heterocycles. The van der Waals surface area contributed by atoms with Crippen LogP contribution in [0.15, 0.2) is 54.6 Å². The highest BCUT2D eigenvalue weighted by Crippen LogP contribution is 2.29. The lowest BCUT2D eigenvalue weighted by Gasteiger charge is -2.27. The third-order valence-corrected chi connectivity index (χ3v) is 8.18. The first kappa shape index (κ1) is 34.3.